The average molecular weight is 231 g/mol. The number of carbonyl (C=O) groups is 1. The van der Waals surface area contributed by atoms with Crippen LogP contribution in [0.2, 0.25) is 0 Å². The second-order valence-electron chi connectivity index (χ2n) is 5.05. The van der Waals surface area contributed by atoms with Crippen molar-refractivity contribution in [2.45, 2.75) is 33.7 Å². The first-order chi connectivity index (χ1) is 7.38. The fraction of sp³-hybridized carbons (Fsp3) is 0.917. The minimum absolute atomic E-state index is 0.245. The first-order valence-electron chi connectivity index (χ1n) is 5.84. The van der Waals surface area contributed by atoms with Crippen molar-refractivity contribution in [3.8, 4) is 0 Å². The molecule has 0 saturated carbocycles. The summed E-state index contributed by atoms with van der Waals surface area (Å²) in [6.07, 6.45) is 0. The van der Waals surface area contributed by atoms with Crippen molar-refractivity contribution in [2.75, 3.05) is 26.8 Å². The fourth-order valence-corrected chi connectivity index (χ4v) is 1.76. The van der Waals surface area contributed by atoms with Gasteiger partial charge in [-0.2, -0.15) is 0 Å². The Balaban J connectivity index is 4.59. The summed E-state index contributed by atoms with van der Waals surface area (Å²) in [6.45, 7) is 10.2. The third-order valence-corrected chi connectivity index (χ3v) is 2.25. The van der Waals surface area contributed by atoms with E-state index in [9.17, 15) is 9.90 Å². The van der Waals surface area contributed by atoms with Crippen LogP contribution in [0.4, 0.5) is 0 Å². The molecule has 0 radical (unpaired) electrons. The van der Waals surface area contributed by atoms with Crippen LogP contribution in [0.5, 0.6) is 0 Å². The Labute approximate surface area is 98.6 Å². The molecule has 1 atom stereocenters. The average Bonchev–Trinajstić information content (AvgIpc) is 2.10. The highest BCUT2D eigenvalue weighted by Gasteiger charge is 2.26. The molecule has 0 rings (SSSR count). The molecule has 0 fully saturated rings. The molecule has 4 nitrogen and oxygen atoms in total. The molecule has 0 aromatic carbocycles. The largest absolute Gasteiger partial charge is 0.480 e. The monoisotopic (exact) mass is 231 g/mol. The van der Waals surface area contributed by atoms with Gasteiger partial charge in [-0.3, -0.25) is 9.69 Å². The number of ether oxygens (including phenoxy) is 1. The number of carboxylic acids is 1. The Kier molecular flexibility index (Phi) is 7.34. The quantitative estimate of drug-likeness (QED) is 0.691. The van der Waals surface area contributed by atoms with Gasteiger partial charge in [0.1, 0.15) is 6.04 Å². The van der Waals surface area contributed by atoms with Crippen LogP contribution in [0.25, 0.3) is 0 Å². The normalized spacial score (nSPS) is 13.8. The van der Waals surface area contributed by atoms with Crippen LogP contribution in [-0.4, -0.2) is 48.8 Å². The van der Waals surface area contributed by atoms with E-state index in [-0.39, 0.29) is 6.61 Å². The first-order valence-corrected chi connectivity index (χ1v) is 5.84. The highest BCUT2D eigenvalue weighted by molar-refractivity contribution is 5.73. The SMILES string of the molecule is COCC(C(=O)O)N(CC(C)C)CC(C)C. The Morgan fingerprint density at radius 2 is 1.62 bits per heavy atom. The van der Waals surface area contributed by atoms with Gasteiger partial charge in [0.05, 0.1) is 6.61 Å². The van der Waals surface area contributed by atoms with Gasteiger partial charge in [0.2, 0.25) is 0 Å². The number of hydrogen-bond donors (Lipinski definition) is 1. The number of carboxylic acid groups (broad SMARTS) is 1. The topological polar surface area (TPSA) is 49.8 Å². The Bertz CT molecular complexity index is 194. The Hall–Kier alpha value is -0.610. The number of nitrogens with zero attached hydrogens (tertiary/aromatic N) is 1. The minimum Gasteiger partial charge on any atom is -0.480 e. The summed E-state index contributed by atoms with van der Waals surface area (Å²) in [5.41, 5.74) is 0. The molecule has 0 aromatic heterocycles. The third-order valence-electron chi connectivity index (χ3n) is 2.25. The van der Waals surface area contributed by atoms with Gasteiger partial charge in [-0.25, -0.2) is 0 Å². The molecule has 0 aliphatic carbocycles. The number of rotatable bonds is 8. The summed E-state index contributed by atoms with van der Waals surface area (Å²) in [5, 5.41) is 9.18. The van der Waals surface area contributed by atoms with Crippen molar-refractivity contribution < 1.29 is 14.6 Å². The van der Waals surface area contributed by atoms with Crippen LogP contribution < -0.4 is 0 Å². The molecule has 0 saturated heterocycles. The van der Waals surface area contributed by atoms with E-state index in [0.717, 1.165) is 13.1 Å². The van der Waals surface area contributed by atoms with Crippen molar-refractivity contribution in [2.24, 2.45) is 11.8 Å². The van der Waals surface area contributed by atoms with Crippen LogP contribution in [-0.2, 0) is 9.53 Å². The van der Waals surface area contributed by atoms with Crippen molar-refractivity contribution in [1.29, 1.82) is 0 Å². The summed E-state index contributed by atoms with van der Waals surface area (Å²) < 4.78 is 4.99. The van der Waals surface area contributed by atoms with Crippen molar-refractivity contribution in [3.05, 3.63) is 0 Å². The van der Waals surface area contributed by atoms with Gasteiger partial charge in [-0.15, -0.1) is 0 Å². The molecule has 1 unspecified atom stereocenters. The van der Waals surface area contributed by atoms with Gasteiger partial charge in [0, 0.05) is 20.2 Å². The van der Waals surface area contributed by atoms with Crippen molar-refractivity contribution in [3.63, 3.8) is 0 Å². The van der Waals surface area contributed by atoms with E-state index in [1.165, 1.54) is 0 Å². The molecule has 0 aromatic rings. The van der Waals surface area contributed by atoms with E-state index in [1.54, 1.807) is 7.11 Å². The molecule has 0 aliphatic heterocycles. The second kappa shape index (κ2) is 7.63. The van der Waals surface area contributed by atoms with Crippen LogP contribution in [0.1, 0.15) is 27.7 Å². The molecule has 1 N–H and O–H groups in total. The van der Waals surface area contributed by atoms with Gasteiger partial charge in [-0.1, -0.05) is 27.7 Å². The molecule has 0 heterocycles. The molecule has 4 heteroatoms. The predicted octanol–water partition coefficient (Wildman–Crippen LogP) is 1.70. The molecule has 0 spiro atoms. The lowest BCUT2D eigenvalue weighted by molar-refractivity contribution is -0.145. The molecule has 0 aliphatic rings. The summed E-state index contributed by atoms with van der Waals surface area (Å²) >= 11 is 0. The number of hydrogen-bond acceptors (Lipinski definition) is 3. The van der Waals surface area contributed by atoms with Crippen LogP contribution >= 0.6 is 0 Å². The van der Waals surface area contributed by atoms with Crippen LogP contribution in [0.15, 0.2) is 0 Å². The molecular weight excluding hydrogens is 206 g/mol. The van der Waals surface area contributed by atoms with E-state index in [0.29, 0.717) is 11.8 Å². The fourth-order valence-electron chi connectivity index (χ4n) is 1.76. The zero-order valence-electron chi connectivity index (χ0n) is 11.1. The number of methoxy groups -OCH3 is 1. The maximum atomic E-state index is 11.2. The third kappa shape index (κ3) is 6.08. The van der Waals surface area contributed by atoms with Gasteiger partial charge in [0.15, 0.2) is 0 Å². The maximum Gasteiger partial charge on any atom is 0.323 e. The number of aliphatic carboxylic acids is 1. The van der Waals surface area contributed by atoms with Crippen molar-refractivity contribution >= 4 is 5.97 Å². The first kappa shape index (κ1) is 15.4. The zero-order chi connectivity index (χ0) is 12.7. The van der Waals surface area contributed by atoms with Gasteiger partial charge in [-0.05, 0) is 11.8 Å². The van der Waals surface area contributed by atoms with Crippen molar-refractivity contribution in [1.82, 2.24) is 4.90 Å². The highest BCUT2D eigenvalue weighted by atomic mass is 16.5. The van der Waals surface area contributed by atoms with E-state index in [1.807, 2.05) is 4.90 Å². The molecule has 96 valence electrons. The van der Waals surface area contributed by atoms with Gasteiger partial charge in [0.25, 0.3) is 0 Å². The summed E-state index contributed by atoms with van der Waals surface area (Å²) in [7, 11) is 1.54. The van der Waals surface area contributed by atoms with Crippen LogP contribution in [0.3, 0.4) is 0 Å². The summed E-state index contributed by atoms with van der Waals surface area (Å²) in [6, 6.07) is -0.533. The lowest BCUT2D eigenvalue weighted by atomic mass is 10.1. The summed E-state index contributed by atoms with van der Waals surface area (Å²) in [5.74, 6) is 0.109. The Morgan fingerprint density at radius 3 is 1.88 bits per heavy atom. The van der Waals surface area contributed by atoms with E-state index >= 15 is 0 Å². The standard InChI is InChI=1S/C12H25NO3/c1-9(2)6-13(7-10(3)4)11(8-16-5)12(14)15/h9-11H,6-8H2,1-5H3,(H,14,15). The van der Waals surface area contributed by atoms with Crippen LogP contribution in [0, 0.1) is 11.8 Å². The van der Waals surface area contributed by atoms with E-state index in [4.69, 9.17) is 4.74 Å². The molecule has 16 heavy (non-hydrogen) atoms. The lowest BCUT2D eigenvalue weighted by Crippen LogP contribution is -2.47. The zero-order valence-corrected chi connectivity index (χ0v) is 11.1. The molecule has 0 bridgehead atoms. The predicted molar refractivity (Wildman–Crippen MR) is 64.5 cm³/mol. The highest BCUT2D eigenvalue weighted by Crippen LogP contribution is 2.09. The lowest BCUT2D eigenvalue weighted by Gasteiger charge is -2.31. The van der Waals surface area contributed by atoms with E-state index in [2.05, 4.69) is 27.7 Å². The maximum absolute atomic E-state index is 11.2. The van der Waals surface area contributed by atoms with E-state index < -0.39 is 12.0 Å². The second-order valence-corrected chi connectivity index (χ2v) is 5.05. The minimum atomic E-state index is -0.803. The smallest absolute Gasteiger partial charge is 0.323 e. The van der Waals surface area contributed by atoms with Gasteiger partial charge < -0.3 is 9.84 Å². The molecular formula is C12H25NO3. The molecule has 0 amide bonds. The summed E-state index contributed by atoms with van der Waals surface area (Å²) in [4.78, 5) is 13.2. The Morgan fingerprint density at radius 1 is 1.19 bits per heavy atom. The van der Waals surface area contributed by atoms with Gasteiger partial charge >= 0.3 is 5.97 Å².